The molecule has 226 valence electrons. The molecule has 4 rings (SSSR count). The van der Waals surface area contributed by atoms with Crippen molar-refractivity contribution in [2.45, 2.75) is 66.5 Å². The van der Waals surface area contributed by atoms with Crippen LogP contribution in [0, 0.1) is 11.8 Å². The van der Waals surface area contributed by atoms with E-state index in [0.717, 1.165) is 46.6 Å². The maximum absolute atomic E-state index is 13.7. The Morgan fingerprint density at radius 2 is 1.52 bits per heavy atom. The lowest BCUT2D eigenvalue weighted by molar-refractivity contribution is -0.122. The van der Waals surface area contributed by atoms with Crippen LogP contribution < -0.4 is 10.2 Å². The quantitative estimate of drug-likeness (QED) is 0.241. The van der Waals surface area contributed by atoms with Crippen LogP contribution in [0.1, 0.15) is 58.9 Å². The molecule has 9 heteroatoms. The molecular formula is C33H45N5O4. The van der Waals surface area contributed by atoms with Crippen LogP contribution in [-0.4, -0.2) is 59.8 Å². The summed E-state index contributed by atoms with van der Waals surface area (Å²) in [6, 6.07) is 15.9. The third-order valence-electron chi connectivity index (χ3n) is 7.35. The number of carbonyl (C=O) groups excluding carboxylic acids is 2. The van der Waals surface area contributed by atoms with Gasteiger partial charge in [-0.1, -0.05) is 75.4 Å². The number of hydrogen-bond donors (Lipinski definition) is 1. The van der Waals surface area contributed by atoms with E-state index in [4.69, 9.17) is 9.47 Å². The van der Waals surface area contributed by atoms with Crippen molar-refractivity contribution in [2.75, 3.05) is 37.9 Å². The summed E-state index contributed by atoms with van der Waals surface area (Å²) in [5.41, 5.74) is 5.31. The fourth-order valence-corrected chi connectivity index (χ4v) is 4.88. The first-order valence-electron chi connectivity index (χ1n) is 15.2. The number of hydrogen-bond acceptors (Lipinski definition) is 6. The highest BCUT2D eigenvalue weighted by Crippen LogP contribution is 2.41. The first-order chi connectivity index (χ1) is 20.3. The van der Waals surface area contributed by atoms with Crippen molar-refractivity contribution in [1.29, 1.82) is 0 Å². The van der Waals surface area contributed by atoms with Crippen molar-refractivity contribution in [2.24, 2.45) is 11.8 Å². The van der Waals surface area contributed by atoms with Crippen molar-refractivity contribution in [3.05, 3.63) is 54.1 Å². The predicted molar refractivity (Wildman–Crippen MR) is 165 cm³/mol. The summed E-state index contributed by atoms with van der Waals surface area (Å²) in [6.45, 7) is 12.1. The average Bonchev–Trinajstić information content (AvgIpc) is 3.37. The zero-order valence-electron chi connectivity index (χ0n) is 25.5. The van der Waals surface area contributed by atoms with Gasteiger partial charge < -0.3 is 19.7 Å². The molecule has 1 aliphatic rings. The Hall–Kier alpha value is -3.56. The molecule has 0 aliphatic carbocycles. The summed E-state index contributed by atoms with van der Waals surface area (Å²) in [5, 5.41) is 12.0. The van der Waals surface area contributed by atoms with E-state index in [1.807, 2.05) is 58.1 Å². The van der Waals surface area contributed by atoms with Crippen LogP contribution in [-0.2, 0) is 32.2 Å². The molecule has 0 radical (unpaired) electrons. The van der Waals surface area contributed by atoms with E-state index in [9.17, 15) is 9.59 Å². The molecule has 2 heterocycles. The van der Waals surface area contributed by atoms with E-state index in [1.165, 1.54) is 0 Å². The first-order valence-corrected chi connectivity index (χ1v) is 15.2. The number of nitrogens with zero attached hydrogens (tertiary/aromatic N) is 4. The highest BCUT2D eigenvalue weighted by Gasteiger charge is 2.29. The molecule has 0 atom stereocenters. The van der Waals surface area contributed by atoms with Crippen LogP contribution in [0.25, 0.3) is 22.5 Å². The molecule has 0 unspecified atom stereocenters. The van der Waals surface area contributed by atoms with E-state index in [0.29, 0.717) is 51.4 Å². The molecule has 2 amide bonds. The van der Waals surface area contributed by atoms with Crippen molar-refractivity contribution in [3.8, 4) is 22.5 Å². The van der Waals surface area contributed by atoms with Gasteiger partial charge in [0, 0.05) is 43.7 Å². The number of anilines is 1. The summed E-state index contributed by atoms with van der Waals surface area (Å²) in [6.07, 6.45) is 2.45. The molecule has 2 aromatic carbocycles. The molecule has 3 aromatic rings. The molecule has 1 N–H and O–H groups in total. The zero-order chi connectivity index (χ0) is 29.9. The van der Waals surface area contributed by atoms with Crippen molar-refractivity contribution >= 4 is 17.5 Å². The molecule has 9 nitrogen and oxygen atoms in total. The molecule has 0 bridgehead atoms. The highest BCUT2D eigenvalue weighted by molar-refractivity contribution is 6.00. The average molecular weight is 576 g/mol. The topological polar surface area (TPSA) is 98.6 Å². The van der Waals surface area contributed by atoms with Crippen LogP contribution >= 0.6 is 0 Å². The number of aromatic nitrogens is 3. The number of benzene rings is 2. The Morgan fingerprint density at radius 3 is 2.26 bits per heavy atom. The van der Waals surface area contributed by atoms with Gasteiger partial charge in [0.1, 0.15) is 5.69 Å². The molecule has 1 aromatic heterocycles. The normalized spacial score (nSPS) is 12.5. The third kappa shape index (κ3) is 8.49. The summed E-state index contributed by atoms with van der Waals surface area (Å²) in [7, 11) is 0. The first kappa shape index (κ1) is 31.4. The SMILES string of the molecule is CC(C)CCOCCC(=O)NCCC(=O)N1Cc2ccccc2-c2nnn(CCOCCC(C)C)c2-c2ccccc21. The summed E-state index contributed by atoms with van der Waals surface area (Å²) in [4.78, 5) is 27.8. The van der Waals surface area contributed by atoms with Crippen molar-refractivity contribution in [1.82, 2.24) is 20.3 Å². The summed E-state index contributed by atoms with van der Waals surface area (Å²) < 4.78 is 13.3. The standard InChI is InChI=1S/C33H45N5O4/c1-24(2)14-19-41-21-16-30(39)34-17-13-31(40)37-23-26-9-5-6-10-27(26)32-33(28-11-7-8-12-29(28)37)38(36-35-32)18-22-42-20-15-25(3)4/h5-12,24-25H,13-23H2,1-4H3,(H,34,39). The van der Waals surface area contributed by atoms with Gasteiger partial charge in [-0.2, -0.15) is 0 Å². The lowest BCUT2D eigenvalue weighted by atomic mass is 9.95. The van der Waals surface area contributed by atoms with E-state index < -0.39 is 0 Å². The zero-order valence-corrected chi connectivity index (χ0v) is 25.5. The van der Waals surface area contributed by atoms with E-state index >= 15 is 0 Å². The van der Waals surface area contributed by atoms with Gasteiger partial charge in [0.05, 0.1) is 37.7 Å². The largest absolute Gasteiger partial charge is 0.381 e. The van der Waals surface area contributed by atoms with Crippen molar-refractivity contribution in [3.63, 3.8) is 0 Å². The molecule has 0 saturated carbocycles. The predicted octanol–water partition coefficient (Wildman–Crippen LogP) is 5.48. The van der Waals surface area contributed by atoms with Gasteiger partial charge in [0.2, 0.25) is 11.8 Å². The Bertz CT molecular complexity index is 1320. The molecule has 1 aliphatic heterocycles. The Labute approximate surface area is 249 Å². The number of carbonyl (C=O) groups is 2. The monoisotopic (exact) mass is 575 g/mol. The summed E-state index contributed by atoms with van der Waals surface area (Å²) in [5.74, 6) is 0.985. The molecule has 0 fully saturated rings. The summed E-state index contributed by atoms with van der Waals surface area (Å²) >= 11 is 0. The second-order valence-corrected chi connectivity index (χ2v) is 11.6. The number of nitrogens with one attached hydrogen (secondary N) is 1. The number of fused-ring (bicyclic) bond motifs is 5. The number of ether oxygens (including phenoxy) is 2. The Kier molecular flexibility index (Phi) is 11.7. The van der Waals surface area contributed by atoms with Crippen LogP contribution in [0.15, 0.2) is 48.5 Å². The minimum atomic E-state index is -0.110. The highest BCUT2D eigenvalue weighted by atomic mass is 16.5. The van der Waals surface area contributed by atoms with Crippen LogP contribution in [0.4, 0.5) is 5.69 Å². The van der Waals surface area contributed by atoms with Gasteiger partial charge in [0.25, 0.3) is 0 Å². The third-order valence-corrected chi connectivity index (χ3v) is 7.35. The van der Waals surface area contributed by atoms with E-state index in [-0.39, 0.29) is 31.2 Å². The second kappa shape index (κ2) is 15.6. The fourth-order valence-electron chi connectivity index (χ4n) is 4.88. The van der Waals surface area contributed by atoms with Crippen LogP contribution in [0.2, 0.25) is 0 Å². The number of amides is 2. The molecule has 0 saturated heterocycles. The van der Waals surface area contributed by atoms with Gasteiger partial charge in [-0.15, -0.1) is 5.10 Å². The fraction of sp³-hybridized carbons (Fsp3) is 0.515. The van der Waals surface area contributed by atoms with Gasteiger partial charge in [0.15, 0.2) is 0 Å². The maximum atomic E-state index is 13.7. The van der Waals surface area contributed by atoms with Crippen molar-refractivity contribution < 1.29 is 19.1 Å². The van der Waals surface area contributed by atoms with Gasteiger partial charge in [-0.05, 0) is 36.3 Å². The molecule has 42 heavy (non-hydrogen) atoms. The molecular weight excluding hydrogens is 530 g/mol. The number of rotatable bonds is 15. The van der Waals surface area contributed by atoms with E-state index in [2.05, 4.69) is 43.3 Å². The lowest BCUT2D eigenvalue weighted by Gasteiger charge is -2.29. The lowest BCUT2D eigenvalue weighted by Crippen LogP contribution is -2.35. The number of para-hydroxylation sites is 1. The minimum Gasteiger partial charge on any atom is -0.381 e. The Balaban J connectivity index is 1.49. The minimum absolute atomic E-state index is 0.0646. The van der Waals surface area contributed by atoms with Gasteiger partial charge >= 0.3 is 0 Å². The van der Waals surface area contributed by atoms with Crippen LogP contribution in [0.3, 0.4) is 0 Å². The van der Waals surface area contributed by atoms with Gasteiger partial charge in [-0.25, -0.2) is 4.68 Å². The maximum Gasteiger partial charge on any atom is 0.229 e. The Morgan fingerprint density at radius 1 is 0.857 bits per heavy atom. The van der Waals surface area contributed by atoms with Gasteiger partial charge in [-0.3, -0.25) is 9.59 Å². The van der Waals surface area contributed by atoms with E-state index in [1.54, 1.807) is 0 Å². The molecule has 0 spiro atoms. The second-order valence-electron chi connectivity index (χ2n) is 11.6. The smallest absolute Gasteiger partial charge is 0.229 e. The van der Waals surface area contributed by atoms with Crippen LogP contribution in [0.5, 0.6) is 0 Å².